The average molecular weight is 403 g/mol. The fourth-order valence-corrected chi connectivity index (χ4v) is 4.39. The Morgan fingerprint density at radius 3 is 1.84 bits per heavy atom. The molecule has 0 bridgehead atoms. The van der Waals surface area contributed by atoms with Crippen LogP contribution in [0.2, 0.25) is 0 Å². The number of para-hydroxylation sites is 4. The van der Waals surface area contributed by atoms with Gasteiger partial charge in [0, 0.05) is 29.7 Å². The van der Waals surface area contributed by atoms with Crippen molar-refractivity contribution in [2.45, 2.75) is 12.8 Å². The molecule has 4 aromatic carbocycles. The maximum atomic E-state index is 2.33. The summed E-state index contributed by atoms with van der Waals surface area (Å²) in [5.41, 5.74) is 8.60. The lowest BCUT2D eigenvalue weighted by atomic mass is 9.95. The Balaban J connectivity index is 1.66. The van der Waals surface area contributed by atoms with Gasteiger partial charge in [0.15, 0.2) is 0 Å². The Hall–Kier alpha value is -3.78. The van der Waals surface area contributed by atoms with Crippen molar-refractivity contribution < 1.29 is 0 Å². The Labute approximate surface area is 184 Å². The normalized spacial score (nSPS) is 12.3. The fourth-order valence-electron chi connectivity index (χ4n) is 4.39. The second-order valence-electron chi connectivity index (χ2n) is 7.85. The molecule has 5 rings (SSSR count). The molecule has 0 heterocycles. The summed E-state index contributed by atoms with van der Waals surface area (Å²) < 4.78 is 0. The van der Waals surface area contributed by atoms with Gasteiger partial charge in [-0.05, 0) is 60.9 Å². The summed E-state index contributed by atoms with van der Waals surface area (Å²) in [7, 11) is 2.17. The van der Waals surface area contributed by atoms with E-state index in [4.69, 9.17) is 0 Å². The van der Waals surface area contributed by atoms with Gasteiger partial charge in [-0.2, -0.15) is 0 Å². The van der Waals surface area contributed by atoms with Gasteiger partial charge < -0.3 is 9.80 Å². The van der Waals surface area contributed by atoms with Gasteiger partial charge in [0.05, 0.1) is 11.4 Å². The van der Waals surface area contributed by atoms with Crippen LogP contribution in [-0.2, 0) is 6.42 Å². The number of nitrogens with zero attached hydrogens (tertiary/aromatic N) is 2. The highest BCUT2D eigenvalue weighted by Crippen LogP contribution is 2.43. The zero-order valence-corrected chi connectivity index (χ0v) is 17.8. The minimum atomic E-state index is 1.11. The lowest BCUT2D eigenvalue weighted by molar-refractivity contribution is 0.982. The summed E-state index contributed by atoms with van der Waals surface area (Å²) in [5, 5.41) is 0. The summed E-state index contributed by atoms with van der Waals surface area (Å²) in [4.78, 5) is 4.65. The molecule has 2 nitrogen and oxygen atoms in total. The minimum absolute atomic E-state index is 1.11. The van der Waals surface area contributed by atoms with Crippen LogP contribution >= 0.6 is 0 Å². The Kier molecular flexibility index (Phi) is 5.28. The first kappa shape index (κ1) is 19.2. The topological polar surface area (TPSA) is 6.48 Å². The predicted molar refractivity (Wildman–Crippen MR) is 133 cm³/mol. The number of rotatable bonds is 5. The molecule has 4 aromatic rings. The number of benzene rings is 4. The van der Waals surface area contributed by atoms with Gasteiger partial charge in [0.2, 0.25) is 0 Å². The van der Waals surface area contributed by atoms with Crippen molar-refractivity contribution in [2.24, 2.45) is 0 Å². The van der Waals surface area contributed by atoms with Gasteiger partial charge in [-0.3, -0.25) is 0 Å². The second-order valence-corrected chi connectivity index (χ2v) is 7.85. The van der Waals surface area contributed by atoms with Crippen molar-refractivity contribution in [1.82, 2.24) is 0 Å². The van der Waals surface area contributed by atoms with Crippen molar-refractivity contribution in [3.63, 3.8) is 0 Å². The van der Waals surface area contributed by atoms with E-state index in [1.54, 1.807) is 0 Å². The van der Waals surface area contributed by atoms with E-state index in [0.29, 0.717) is 0 Å². The molecule has 0 saturated carbocycles. The van der Waals surface area contributed by atoms with E-state index >= 15 is 0 Å². The van der Waals surface area contributed by atoms with E-state index < -0.39 is 0 Å². The van der Waals surface area contributed by atoms with E-state index in [1.165, 1.54) is 22.5 Å². The van der Waals surface area contributed by atoms with Crippen molar-refractivity contribution in [3.8, 4) is 0 Å². The van der Waals surface area contributed by atoms with Crippen LogP contribution in [0.1, 0.15) is 17.5 Å². The number of aryl methyl sites for hydroxylation is 1. The predicted octanol–water partition coefficient (Wildman–Crippen LogP) is 7.88. The quantitative estimate of drug-likeness (QED) is 0.335. The monoisotopic (exact) mass is 402 g/mol. The van der Waals surface area contributed by atoms with Gasteiger partial charge in [-0.1, -0.05) is 72.8 Å². The van der Waals surface area contributed by atoms with Gasteiger partial charge in [0.1, 0.15) is 0 Å². The molecule has 31 heavy (non-hydrogen) atoms. The molecule has 0 aliphatic heterocycles. The number of hydrogen-bond acceptors (Lipinski definition) is 2. The summed E-state index contributed by atoms with van der Waals surface area (Å²) in [6, 6.07) is 36.5. The zero-order valence-electron chi connectivity index (χ0n) is 17.8. The molecule has 0 amide bonds. The van der Waals surface area contributed by atoms with Gasteiger partial charge in [-0.25, -0.2) is 0 Å². The molecule has 0 radical (unpaired) electrons. The van der Waals surface area contributed by atoms with Crippen molar-refractivity contribution in [1.29, 1.82) is 0 Å². The molecule has 0 aromatic heterocycles. The third-order valence-corrected chi connectivity index (χ3v) is 5.91. The molecule has 1 aliphatic rings. The number of anilines is 5. The van der Waals surface area contributed by atoms with Crippen LogP contribution in [0.5, 0.6) is 0 Å². The summed E-state index contributed by atoms with van der Waals surface area (Å²) in [6.45, 7) is 0. The first-order chi connectivity index (χ1) is 15.3. The molecule has 2 heteroatoms. The Morgan fingerprint density at radius 2 is 1.16 bits per heavy atom. The molecule has 1 aliphatic carbocycles. The SMILES string of the molecule is CN(c1ccccc1N(c1ccccc1)c1ccccc1)c1cccc2c1C=CCC2. The highest BCUT2D eigenvalue weighted by atomic mass is 15.2. The smallest absolute Gasteiger partial charge is 0.0698 e. The molecular formula is C29H26N2. The Bertz CT molecular complexity index is 1160. The van der Waals surface area contributed by atoms with Crippen LogP contribution in [-0.4, -0.2) is 7.05 Å². The van der Waals surface area contributed by atoms with Crippen LogP contribution in [0.25, 0.3) is 6.08 Å². The fraction of sp³-hybridized carbons (Fsp3) is 0.103. The van der Waals surface area contributed by atoms with Crippen molar-refractivity contribution in [3.05, 3.63) is 120 Å². The average Bonchev–Trinajstić information content (AvgIpc) is 2.85. The van der Waals surface area contributed by atoms with Crippen molar-refractivity contribution in [2.75, 3.05) is 16.8 Å². The lowest BCUT2D eigenvalue weighted by Crippen LogP contribution is -2.18. The van der Waals surface area contributed by atoms with E-state index in [-0.39, 0.29) is 0 Å². The molecular weight excluding hydrogens is 376 g/mol. The first-order valence-corrected chi connectivity index (χ1v) is 10.8. The highest BCUT2D eigenvalue weighted by Gasteiger charge is 2.20. The molecule has 152 valence electrons. The van der Waals surface area contributed by atoms with Crippen LogP contribution in [0.3, 0.4) is 0 Å². The van der Waals surface area contributed by atoms with Crippen LogP contribution in [0.4, 0.5) is 28.4 Å². The maximum absolute atomic E-state index is 2.33. The first-order valence-electron chi connectivity index (χ1n) is 10.8. The lowest BCUT2D eigenvalue weighted by Gasteiger charge is -2.32. The maximum Gasteiger partial charge on any atom is 0.0698 e. The third kappa shape index (κ3) is 3.73. The highest BCUT2D eigenvalue weighted by molar-refractivity contribution is 5.88. The van der Waals surface area contributed by atoms with Crippen LogP contribution in [0, 0.1) is 0 Å². The number of allylic oxidation sites excluding steroid dienone is 1. The van der Waals surface area contributed by atoms with Gasteiger partial charge in [0.25, 0.3) is 0 Å². The molecule has 0 N–H and O–H groups in total. The van der Waals surface area contributed by atoms with Gasteiger partial charge in [-0.15, -0.1) is 0 Å². The minimum Gasteiger partial charge on any atom is -0.342 e. The number of fused-ring (bicyclic) bond motifs is 1. The largest absolute Gasteiger partial charge is 0.342 e. The molecule has 0 fully saturated rings. The zero-order chi connectivity index (χ0) is 21.0. The standard InChI is InChI=1S/C29H26N2/c1-30(27-22-12-14-23-13-8-9-19-26(23)27)28-20-10-11-21-29(28)31(24-15-4-2-5-16-24)25-17-6-3-7-18-25/h2-7,9-12,14-22H,8,13H2,1H3. The molecule has 0 unspecified atom stereocenters. The van der Waals surface area contributed by atoms with Crippen molar-refractivity contribution >= 4 is 34.5 Å². The molecule has 0 saturated heterocycles. The molecule has 0 atom stereocenters. The number of hydrogen-bond donors (Lipinski definition) is 0. The second kappa shape index (κ2) is 8.53. The van der Waals surface area contributed by atoms with Crippen LogP contribution < -0.4 is 9.80 Å². The van der Waals surface area contributed by atoms with E-state index in [0.717, 1.165) is 29.9 Å². The molecule has 0 spiro atoms. The third-order valence-electron chi connectivity index (χ3n) is 5.91. The summed E-state index contributed by atoms with van der Waals surface area (Å²) in [5.74, 6) is 0. The van der Waals surface area contributed by atoms with E-state index in [9.17, 15) is 0 Å². The van der Waals surface area contributed by atoms with E-state index in [2.05, 4.69) is 132 Å². The van der Waals surface area contributed by atoms with E-state index in [1.807, 2.05) is 0 Å². The van der Waals surface area contributed by atoms with Gasteiger partial charge >= 0.3 is 0 Å². The Morgan fingerprint density at radius 1 is 0.581 bits per heavy atom. The summed E-state index contributed by atoms with van der Waals surface area (Å²) in [6.07, 6.45) is 6.78. The summed E-state index contributed by atoms with van der Waals surface area (Å²) >= 11 is 0. The van der Waals surface area contributed by atoms with Crippen LogP contribution in [0.15, 0.2) is 109 Å².